The van der Waals surface area contributed by atoms with Crippen LogP contribution in [0.5, 0.6) is 5.75 Å². The lowest BCUT2D eigenvalue weighted by atomic mass is 9.89. The number of aliphatic carboxylic acids is 1. The number of phenolic OH excluding ortho intramolecular Hbond substituents is 1. The Kier molecular flexibility index (Phi) is 18.9. The number of carboxylic acid groups (broad SMARTS) is 1. The van der Waals surface area contributed by atoms with Gasteiger partial charge in [0.1, 0.15) is 23.9 Å². The number of phenols is 1. The van der Waals surface area contributed by atoms with Gasteiger partial charge in [-0.25, -0.2) is 0 Å². The van der Waals surface area contributed by atoms with E-state index in [1.807, 2.05) is 13.8 Å². The Morgan fingerprint density at radius 1 is 0.843 bits per heavy atom. The van der Waals surface area contributed by atoms with Crippen LogP contribution in [0, 0.1) is 11.8 Å². The van der Waals surface area contributed by atoms with Gasteiger partial charge in [-0.3, -0.25) is 28.8 Å². The average molecular weight is 716 g/mol. The minimum Gasteiger partial charge on any atom is -0.508 e. The lowest BCUT2D eigenvalue weighted by molar-refractivity contribution is -0.144. The molecule has 284 valence electrons. The Morgan fingerprint density at radius 2 is 1.39 bits per heavy atom. The number of carboxylic acids is 1. The van der Waals surface area contributed by atoms with Gasteiger partial charge < -0.3 is 48.7 Å². The number of ketones is 1. The normalized spacial score (nSPS) is 21.5. The number of unbranched alkanes of at least 4 members (excludes halogenated alkanes) is 2. The summed E-state index contributed by atoms with van der Waals surface area (Å²) in [4.78, 5) is 79.7. The van der Waals surface area contributed by atoms with Crippen molar-refractivity contribution in [3.05, 3.63) is 42.0 Å². The lowest BCUT2D eigenvalue weighted by Gasteiger charge is -2.27. The van der Waals surface area contributed by atoms with Gasteiger partial charge >= 0.3 is 5.97 Å². The van der Waals surface area contributed by atoms with E-state index >= 15 is 0 Å². The molecule has 15 nitrogen and oxygen atoms in total. The summed E-state index contributed by atoms with van der Waals surface area (Å²) in [6, 6.07) is 0.658. The molecule has 1 aromatic carbocycles. The van der Waals surface area contributed by atoms with Gasteiger partial charge in [0.15, 0.2) is 5.78 Å². The average Bonchev–Trinajstić information content (AvgIpc) is 3.08. The van der Waals surface area contributed by atoms with Gasteiger partial charge in [-0.05, 0) is 101 Å². The van der Waals surface area contributed by atoms with E-state index in [-0.39, 0.29) is 56.6 Å². The first-order chi connectivity index (χ1) is 24.2. The number of nitrogens with two attached hydrogens (primary N) is 3. The number of hydrogen-bond donors (Lipinski definition) is 9. The number of aromatic hydroxyl groups is 1. The Labute approximate surface area is 299 Å². The van der Waals surface area contributed by atoms with Crippen LogP contribution in [0.4, 0.5) is 0 Å². The van der Waals surface area contributed by atoms with Crippen LogP contribution in [0.3, 0.4) is 0 Å². The van der Waals surface area contributed by atoms with Crippen LogP contribution in [0.2, 0.25) is 0 Å². The van der Waals surface area contributed by atoms with E-state index in [0.29, 0.717) is 44.3 Å². The Morgan fingerprint density at radius 3 is 1.94 bits per heavy atom. The topological polar surface area (TPSA) is 269 Å². The van der Waals surface area contributed by atoms with Gasteiger partial charge in [0, 0.05) is 6.42 Å². The predicted molar refractivity (Wildman–Crippen MR) is 192 cm³/mol. The van der Waals surface area contributed by atoms with Gasteiger partial charge in [0.05, 0.1) is 18.0 Å². The van der Waals surface area contributed by atoms with Crippen molar-refractivity contribution < 1.29 is 39.0 Å². The van der Waals surface area contributed by atoms with E-state index in [4.69, 9.17) is 17.2 Å². The van der Waals surface area contributed by atoms with Crippen LogP contribution in [0.1, 0.15) is 83.6 Å². The van der Waals surface area contributed by atoms with E-state index in [1.54, 1.807) is 24.3 Å². The summed E-state index contributed by atoms with van der Waals surface area (Å²) in [7, 11) is 0. The molecule has 1 aliphatic heterocycles. The first-order valence-electron chi connectivity index (χ1n) is 17.8. The van der Waals surface area contributed by atoms with Gasteiger partial charge in [-0.15, -0.1) is 0 Å². The van der Waals surface area contributed by atoms with Crippen molar-refractivity contribution in [2.75, 3.05) is 13.1 Å². The van der Waals surface area contributed by atoms with Gasteiger partial charge in [0.2, 0.25) is 23.6 Å². The number of Topliss-reactive ketones (excluding diaryl/α,β-unsaturated/α-hetero) is 1. The molecule has 0 unspecified atom stereocenters. The number of hydrogen-bond acceptors (Lipinski definition) is 10. The maximum atomic E-state index is 13.9. The third kappa shape index (κ3) is 15.6. The third-order valence-corrected chi connectivity index (χ3v) is 8.69. The second-order valence-corrected chi connectivity index (χ2v) is 13.6. The van der Waals surface area contributed by atoms with Crippen molar-refractivity contribution in [2.45, 2.75) is 115 Å². The molecular formula is C36H57N7O8. The molecule has 0 aromatic heterocycles. The molecule has 2 rings (SSSR count). The van der Waals surface area contributed by atoms with Crippen molar-refractivity contribution in [3.8, 4) is 5.75 Å². The van der Waals surface area contributed by atoms with E-state index < -0.39 is 71.5 Å². The summed E-state index contributed by atoms with van der Waals surface area (Å²) in [5, 5.41) is 30.5. The van der Waals surface area contributed by atoms with E-state index in [0.717, 1.165) is 0 Å². The molecule has 51 heavy (non-hydrogen) atoms. The standard InChI is InChI=1S/C36H57N7O8/c1-22(2)19-24(36(50)51)21-31(45)30(20-23-13-15-25(44)16-14-23)43-35(49)28-10-4-3-9-26(39)32(46)40-27(11-5-7-17-37)33(47)42-29(34(48)41-28)12-6-8-18-38/h3-4,13-16,22,24,26-30,44H,5-12,17-21,37-39H2,1-2H3,(H,40,46)(H,41,48)(H,42,47)(H,43,49)(H,50,51)/t24-,26-,27-,28-,29-,30-/m0/s1. The molecule has 1 heterocycles. The Balaban J connectivity index is 2.43. The number of carbonyl (C=O) groups excluding carboxylic acids is 5. The number of carbonyl (C=O) groups is 6. The summed E-state index contributed by atoms with van der Waals surface area (Å²) in [5.74, 6) is -5.04. The highest BCUT2D eigenvalue weighted by Gasteiger charge is 2.33. The summed E-state index contributed by atoms with van der Waals surface area (Å²) in [6.07, 6.45) is 5.90. The fraction of sp³-hybridized carbons (Fsp3) is 0.611. The van der Waals surface area contributed by atoms with Crippen LogP contribution in [-0.4, -0.2) is 88.9 Å². The molecule has 12 N–H and O–H groups in total. The maximum absolute atomic E-state index is 13.9. The van der Waals surface area contributed by atoms with Crippen molar-refractivity contribution in [1.29, 1.82) is 0 Å². The number of rotatable bonds is 18. The van der Waals surface area contributed by atoms with E-state index in [1.165, 1.54) is 12.1 Å². The monoisotopic (exact) mass is 715 g/mol. The zero-order chi connectivity index (χ0) is 37.9. The minimum absolute atomic E-state index is 0.00264. The molecule has 0 saturated heterocycles. The smallest absolute Gasteiger partial charge is 0.306 e. The quantitative estimate of drug-likeness (QED) is 0.0747. The van der Waals surface area contributed by atoms with Crippen LogP contribution >= 0.6 is 0 Å². The molecule has 0 radical (unpaired) electrons. The zero-order valence-electron chi connectivity index (χ0n) is 29.8. The summed E-state index contributed by atoms with van der Waals surface area (Å²) < 4.78 is 0. The van der Waals surface area contributed by atoms with E-state index in [9.17, 15) is 39.0 Å². The molecule has 6 atom stereocenters. The number of nitrogens with one attached hydrogen (secondary N) is 4. The second-order valence-electron chi connectivity index (χ2n) is 13.6. The molecule has 0 bridgehead atoms. The van der Waals surface area contributed by atoms with Crippen molar-refractivity contribution in [3.63, 3.8) is 0 Å². The van der Waals surface area contributed by atoms with Gasteiger partial charge in [-0.2, -0.15) is 0 Å². The highest BCUT2D eigenvalue weighted by molar-refractivity contribution is 5.96. The van der Waals surface area contributed by atoms with Gasteiger partial charge in [-0.1, -0.05) is 38.1 Å². The molecule has 0 fully saturated rings. The maximum Gasteiger partial charge on any atom is 0.306 e. The van der Waals surface area contributed by atoms with Crippen LogP contribution < -0.4 is 38.5 Å². The second kappa shape index (κ2) is 22.5. The molecule has 4 amide bonds. The van der Waals surface area contributed by atoms with Crippen LogP contribution in [-0.2, 0) is 35.2 Å². The predicted octanol–water partition coefficient (Wildman–Crippen LogP) is 0.515. The molecule has 1 aromatic rings. The minimum atomic E-state index is -1.21. The largest absolute Gasteiger partial charge is 0.508 e. The lowest BCUT2D eigenvalue weighted by Crippen LogP contribution is -2.58. The Hall–Kier alpha value is -4.34. The fourth-order valence-electron chi connectivity index (χ4n) is 5.77. The SMILES string of the molecule is CC(C)C[C@@H](CC(=O)[C@H](Cc1ccc(O)cc1)NC(=O)[C@@H]1CC=CC[C@H](N)C(=O)N[C@@H](CCCCN)C(=O)N[C@@H](CCCCN)C(=O)N1)C(=O)O. The van der Waals surface area contributed by atoms with Crippen molar-refractivity contribution >= 4 is 35.4 Å². The molecule has 0 aliphatic carbocycles. The van der Waals surface area contributed by atoms with E-state index in [2.05, 4.69) is 21.3 Å². The first-order valence-corrected chi connectivity index (χ1v) is 17.8. The summed E-state index contributed by atoms with van der Waals surface area (Å²) in [6.45, 7) is 4.48. The molecule has 15 heteroatoms. The number of amides is 4. The highest BCUT2D eigenvalue weighted by Crippen LogP contribution is 2.19. The van der Waals surface area contributed by atoms with Crippen LogP contribution in [0.25, 0.3) is 0 Å². The molecule has 0 saturated carbocycles. The van der Waals surface area contributed by atoms with Crippen molar-refractivity contribution in [2.24, 2.45) is 29.0 Å². The third-order valence-electron chi connectivity index (χ3n) is 8.69. The zero-order valence-corrected chi connectivity index (χ0v) is 29.8. The molecule has 0 spiro atoms. The van der Waals surface area contributed by atoms with Gasteiger partial charge in [0.25, 0.3) is 0 Å². The molecule has 1 aliphatic rings. The highest BCUT2D eigenvalue weighted by atomic mass is 16.4. The first kappa shape index (κ1) is 42.8. The van der Waals surface area contributed by atoms with Crippen molar-refractivity contribution in [1.82, 2.24) is 21.3 Å². The van der Waals surface area contributed by atoms with Crippen LogP contribution in [0.15, 0.2) is 36.4 Å². The molecular weight excluding hydrogens is 658 g/mol. The number of benzene rings is 1. The fourth-order valence-corrected chi connectivity index (χ4v) is 5.77. The summed E-state index contributed by atoms with van der Waals surface area (Å²) >= 11 is 0. The Bertz CT molecular complexity index is 1340. The summed E-state index contributed by atoms with van der Waals surface area (Å²) in [5.41, 5.74) is 18.0.